The van der Waals surface area contributed by atoms with E-state index in [4.69, 9.17) is 22.3 Å². The van der Waals surface area contributed by atoms with Crippen LogP contribution in [0.4, 0.5) is 5.69 Å². The molecule has 0 radical (unpaired) electrons. The van der Waals surface area contributed by atoms with E-state index in [1.807, 2.05) is 0 Å². The minimum absolute atomic E-state index is 0.249. The first-order valence-electron chi connectivity index (χ1n) is 17.2. The van der Waals surface area contributed by atoms with Gasteiger partial charge in [-0.25, -0.2) is 0 Å². The third-order valence-electron chi connectivity index (χ3n) is 7.17. The molecule has 0 saturated carbocycles. The van der Waals surface area contributed by atoms with Gasteiger partial charge in [-0.2, -0.15) is 0 Å². The van der Waals surface area contributed by atoms with Gasteiger partial charge < -0.3 is 22.3 Å². The molecule has 0 aliphatic carbocycles. The van der Waals surface area contributed by atoms with Crippen LogP contribution in [0.2, 0.25) is 0 Å². The van der Waals surface area contributed by atoms with Crippen LogP contribution < -0.4 is 17.2 Å². The van der Waals surface area contributed by atoms with Gasteiger partial charge in [0.15, 0.2) is 0 Å². The number of hydrogen-bond acceptors (Lipinski definition) is 4. The minimum atomic E-state index is 0.249. The maximum absolute atomic E-state index is 8.70. The molecular formula is C36H71N3O. The van der Waals surface area contributed by atoms with Crippen molar-refractivity contribution >= 4 is 5.69 Å². The van der Waals surface area contributed by atoms with Crippen molar-refractivity contribution in [2.24, 2.45) is 11.5 Å². The second-order valence-corrected chi connectivity index (χ2v) is 11.3. The molecule has 0 aliphatic heterocycles. The summed E-state index contributed by atoms with van der Waals surface area (Å²) in [4.78, 5) is 0. The number of allylic oxidation sites excluding steroid dienone is 2. The first kappa shape index (κ1) is 40.6. The maximum atomic E-state index is 8.70. The van der Waals surface area contributed by atoms with E-state index in [9.17, 15) is 0 Å². The number of hydrogen-bond donors (Lipinski definition) is 4. The van der Waals surface area contributed by atoms with Crippen molar-refractivity contribution in [2.75, 3.05) is 18.8 Å². The molecule has 0 heterocycles. The van der Waals surface area contributed by atoms with Gasteiger partial charge in [-0.3, -0.25) is 0 Å². The molecule has 1 aromatic rings. The van der Waals surface area contributed by atoms with Gasteiger partial charge >= 0.3 is 0 Å². The highest BCUT2D eigenvalue weighted by Gasteiger charge is 1.92. The Morgan fingerprint density at radius 3 is 1.07 bits per heavy atom. The summed E-state index contributed by atoms with van der Waals surface area (Å²) in [5.41, 5.74) is 16.9. The molecule has 0 saturated heterocycles. The summed E-state index contributed by atoms with van der Waals surface area (Å²) in [7, 11) is 0. The molecular weight excluding hydrogens is 490 g/mol. The lowest BCUT2D eigenvalue weighted by atomic mass is 10.1. The van der Waals surface area contributed by atoms with Gasteiger partial charge in [-0.05, 0) is 75.9 Å². The van der Waals surface area contributed by atoms with E-state index in [1.165, 1.54) is 154 Å². The molecule has 0 aliphatic rings. The fourth-order valence-corrected chi connectivity index (χ4v) is 4.50. The van der Waals surface area contributed by atoms with E-state index in [0.717, 1.165) is 13.1 Å². The zero-order chi connectivity index (χ0) is 29.8. The van der Waals surface area contributed by atoms with Crippen molar-refractivity contribution in [3.8, 4) is 5.75 Å². The number of nitrogen functional groups attached to an aromatic ring is 1. The quantitative estimate of drug-likeness (QED) is 0.0413. The fourth-order valence-electron chi connectivity index (χ4n) is 4.50. The summed E-state index contributed by atoms with van der Waals surface area (Å²) in [6.45, 7) is 6.28. The highest BCUT2D eigenvalue weighted by Crippen LogP contribution is 2.11. The van der Waals surface area contributed by atoms with Gasteiger partial charge in [0.1, 0.15) is 5.75 Å². The number of nitrogens with two attached hydrogens (primary N) is 3. The molecule has 4 heteroatoms. The van der Waals surface area contributed by atoms with E-state index in [-0.39, 0.29) is 5.75 Å². The first-order chi connectivity index (χ1) is 19.6. The zero-order valence-electron chi connectivity index (χ0n) is 27.0. The Balaban J connectivity index is 0. The van der Waals surface area contributed by atoms with Crippen LogP contribution in [-0.4, -0.2) is 18.2 Å². The van der Waals surface area contributed by atoms with Crippen molar-refractivity contribution in [1.82, 2.24) is 0 Å². The first-order valence-corrected chi connectivity index (χ1v) is 17.2. The van der Waals surface area contributed by atoms with E-state index in [1.54, 1.807) is 24.3 Å². The second kappa shape index (κ2) is 37.5. The van der Waals surface area contributed by atoms with Crippen LogP contribution >= 0.6 is 0 Å². The van der Waals surface area contributed by atoms with Crippen LogP contribution in [0.25, 0.3) is 0 Å². The van der Waals surface area contributed by atoms with Gasteiger partial charge in [-0.1, -0.05) is 142 Å². The lowest BCUT2D eigenvalue weighted by Gasteiger charge is -2.00. The number of aromatic hydroxyl groups is 1. The third-order valence-corrected chi connectivity index (χ3v) is 7.17. The zero-order valence-corrected chi connectivity index (χ0v) is 27.0. The van der Waals surface area contributed by atoms with Crippen molar-refractivity contribution in [3.63, 3.8) is 0 Å². The molecule has 1 aromatic carbocycles. The van der Waals surface area contributed by atoms with E-state index >= 15 is 0 Å². The molecule has 40 heavy (non-hydrogen) atoms. The van der Waals surface area contributed by atoms with Gasteiger partial charge in [0.2, 0.25) is 0 Å². The third kappa shape index (κ3) is 38.6. The maximum Gasteiger partial charge on any atom is 0.115 e. The number of rotatable bonds is 25. The second-order valence-electron chi connectivity index (χ2n) is 11.3. The van der Waals surface area contributed by atoms with Crippen molar-refractivity contribution < 1.29 is 5.11 Å². The van der Waals surface area contributed by atoms with Gasteiger partial charge in [0.25, 0.3) is 0 Å². The normalized spacial score (nSPS) is 10.7. The summed E-state index contributed by atoms with van der Waals surface area (Å²) in [5.74, 6) is 0.249. The molecule has 0 unspecified atom stereocenters. The highest BCUT2D eigenvalue weighted by molar-refractivity contribution is 5.40. The molecule has 0 spiro atoms. The monoisotopic (exact) mass is 562 g/mol. The summed E-state index contributed by atoms with van der Waals surface area (Å²) >= 11 is 0. The van der Waals surface area contributed by atoms with E-state index < -0.39 is 0 Å². The van der Waals surface area contributed by atoms with Gasteiger partial charge in [0.05, 0.1) is 0 Å². The molecule has 4 nitrogen and oxygen atoms in total. The fraction of sp³-hybridized carbons (Fsp3) is 0.778. The van der Waals surface area contributed by atoms with Crippen LogP contribution in [0.3, 0.4) is 0 Å². The van der Waals surface area contributed by atoms with Crippen molar-refractivity contribution in [2.45, 2.75) is 168 Å². The summed E-state index contributed by atoms with van der Waals surface area (Å²) in [6.07, 6.45) is 37.8. The van der Waals surface area contributed by atoms with Crippen LogP contribution in [0.1, 0.15) is 168 Å². The number of phenolic OH excluding ortho intramolecular Hbond substituents is 1. The molecule has 7 N–H and O–H groups in total. The summed E-state index contributed by atoms with van der Waals surface area (Å²) in [6, 6.07) is 6.40. The topological polar surface area (TPSA) is 98.3 Å². The van der Waals surface area contributed by atoms with Crippen LogP contribution in [0, 0.1) is 0 Å². The molecule has 0 bridgehead atoms. The van der Waals surface area contributed by atoms with Gasteiger partial charge in [0, 0.05) is 5.69 Å². The predicted octanol–water partition coefficient (Wildman–Crippen LogP) is 10.8. The lowest BCUT2D eigenvalue weighted by Crippen LogP contribution is -1.97. The predicted molar refractivity (Wildman–Crippen MR) is 182 cm³/mol. The number of phenols is 1. The highest BCUT2D eigenvalue weighted by atomic mass is 16.3. The standard InChI is InChI=1S/C18H37N.C12H27N.C6H7NO/c1-2-3-4-5-6-7-8-9-10-11-12-13-14-15-16-17-18-19;1-2-3-4-5-6-7-8-9-10-11-12-13;7-5-1-3-6(8)4-2-5/h9-10H,2-8,11-19H2,1H3;2-13H2,1H3;1-4,8H,7H2/b10-9-;;. The SMILES string of the molecule is CCCCCCCC/C=C\CCCCCCCCN.CCCCCCCCCCCCN.Nc1ccc(O)cc1. The average Bonchev–Trinajstić information content (AvgIpc) is 2.96. The van der Waals surface area contributed by atoms with E-state index in [2.05, 4.69) is 26.0 Å². The Bertz CT molecular complexity index is 557. The van der Waals surface area contributed by atoms with Crippen molar-refractivity contribution in [3.05, 3.63) is 36.4 Å². The Labute approximate surface area is 251 Å². The molecule has 0 aromatic heterocycles. The molecule has 236 valence electrons. The van der Waals surface area contributed by atoms with Crippen LogP contribution in [0.15, 0.2) is 36.4 Å². The van der Waals surface area contributed by atoms with Crippen LogP contribution in [-0.2, 0) is 0 Å². The minimum Gasteiger partial charge on any atom is -0.508 e. The molecule has 0 amide bonds. The smallest absolute Gasteiger partial charge is 0.115 e. The Kier molecular flexibility index (Phi) is 38.1. The van der Waals surface area contributed by atoms with Crippen LogP contribution in [0.5, 0.6) is 5.75 Å². The Morgan fingerprint density at radius 2 is 0.775 bits per heavy atom. The number of unbranched alkanes of at least 4 members (excludes halogenated alkanes) is 21. The Hall–Kier alpha value is -1.52. The lowest BCUT2D eigenvalue weighted by molar-refractivity contribution is 0.475. The molecule has 1 rings (SSSR count). The van der Waals surface area contributed by atoms with Gasteiger partial charge in [-0.15, -0.1) is 0 Å². The number of anilines is 1. The molecule has 0 fully saturated rings. The van der Waals surface area contributed by atoms with Crippen molar-refractivity contribution in [1.29, 1.82) is 0 Å². The summed E-state index contributed by atoms with van der Waals surface area (Å²) < 4.78 is 0. The Morgan fingerprint density at radius 1 is 0.475 bits per heavy atom. The largest absolute Gasteiger partial charge is 0.508 e. The van der Waals surface area contributed by atoms with E-state index in [0.29, 0.717) is 5.69 Å². The number of benzene rings is 1. The average molecular weight is 562 g/mol. The summed E-state index contributed by atoms with van der Waals surface area (Å²) in [5, 5.41) is 8.70. The molecule has 0 atom stereocenters.